The molecule has 0 radical (unpaired) electrons. The highest BCUT2D eigenvalue weighted by molar-refractivity contribution is 6.20. The summed E-state index contributed by atoms with van der Waals surface area (Å²) in [7, 11) is 0. The number of rotatable bonds is 0. The summed E-state index contributed by atoms with van der Waals surface area (Å²) in [5.41, 5.74) is 0. The highest BCUT2D eigenvalue weighted by atomic mass is 35.5. The molecule has 0 amide bonds. The Morgan fingerprint density at radius 1 is 1.20 bits per heavy atom. The van der Waals surface area contributed by atoms with Gasteiger partial charge in [-0.05, 0) is 0 Å². The van der Waals surface area contributed by atoms with E-state index in [1.54, 1.807) is 0 Å². The summed E-state index contributed by atoms with van der Waals surface area (Å²) in [6.45, 7) is 0. The normalized spacial score (nSPS) is 5.20. The molecule has 0 aromatic rings. The average molecular weight is 111 g/mol. The van der Waals surface area contributed by atoms with E-state index in [0.29, 0.717) is 0 Å². The maximum Gasteiger partial charge on any atom is 0.127 e. The molecule has 0 aliphatic carbocycles. The standard InChI is InChI=1S/CCl2N2/c2-4-1-5-3. The minimum Gasteiger partial charge on any atom is -0.112 e. The van der Waals surface area contributed by atoms with Gasteiger partial charge in [0.05, 0.1) is 0 Å². The van der Waals surface area contributed by atoms with Gasteiger partial charge < -0.3 is 0 Å². The van der Waals surface area contributed by atoms with Gasteiger partial charge in [0.25, 0.3) is 0 Å². The largest absolute Gasteiger partial charge is 0.127 e. The lowest BCUT2D eigenvalue weighted by molar-refractivity contribution is 1.86. The summed E-state index contributed by atoms with van der Waals surface area (Å²) in [4.78, 5) is 0. The van der Waals surface area contributed by atoms with Gasteiger partial charge in [0.15, 0.2) is 0 Å². The van der Waals surface area contributed by atoms with Gasteiger partial charge in [-0.1, -0.05) is 0 Å². The quantitative estimate of drug-likeness (QED) is 0.423. The molecule has 0 aliphatic rings. The van der Waals surface area contributed by atoms with Crippen LogP contribution < -0.4 is 0 Å². The van der Waals surface area contributed by atoms with Crippen LogP contribution in [0.2, 0.25) is 0 Å². The van der Waals surface area contributed by atoms with Crippen LogP contribution in [0.1, 0.15) is 0 Å². The third-order valence-corrected chi connectivity index (χ3v) is 0.227. The van der Waals surface area contributed by atoms with Crippen LogP contribution in [0.4, 0.5) is 0 Å². The van der Waals surface area contributed by atoms with Crippen molar-refractivity contribution in [2.45, 2.75) is 0 Å². The molecule has 5 heavy (non-hydrogen) atoms. The molecule has 0 aliphatic heterocycles. The van der Waals surface area contributed by atoms with E-state index < -0.39 is 0 Å². The molecule has 0 spiro atoms. The fourth-order valence-electron chi connectivity index (χ4n) is 0.0143. The zero-order valence-corrected chi connectivity index (χ0v) is 3.66. The molecule has 0 aromatic heterocycles. The Hall–Kier alpha value is -0.0400. The molecular weight excluding hydrogens is 111 g/mol. The van der Waals surface area contributed by atoms with E-state index in [0.717, 1.165) is 0 Å². The maximum atomic E-state index is 4.64. The molecular formula is CCl2N2. The Balaban J connectivity index is 3.26. The molecule has 0 fully saturated rings. The summed E-state index contributed by atoms with van der Waals surface area (Å²) in [5.74, 6) is 0. The minimum absolute atomic E-state index is 1.89. The predicted octanol–water partition coefficient (Wildman–Crippen LogP) is 1.47. The average Bonchev–Trinajstić information content (AvgIpc) is 1.41. The Kier molecular flexibility index (Phi) is 3.93. The van der Waals surface area contributed by atoms with Crippen molar-refractivity contribution in [2.24, 2.45) is 9.02 Å². The monoisotopic (exact) mass is 110 g/mol. The third-order valence-electron chi connectivity index (χ3n) is 0.0756. The SMILES string of the molecule is ClN=C=NCl. The lowest BCUT2D eigenvalue weighted by Crippen LogP contribution is -1.30. The molecule has 0 saturated carbocycles. The van der Waals surface area contributed by atoms with Gasteiger partial charge in [-0.15, -0.1) is 9.02 Å². The highest BCUT2D eigenvalue weighted by Gasteiger charge is 1.41. The van der Waals surface area contributed by atoms with Crippen molar-refractivity contribution in [3.8, 4) is 0 Å². The second-order valence-electron chi connectivity index (χ2n) is 0.269. The van der Waals surface area contributed by atoms with Crippen LogP contribution in [-0.2, 0) is 0 Å². The van der Waals surface area contributed by atoms with Gasteiger partial charge in [0.1, 0.15) is 6.01 Å². The van der Waals surface area contributed by atoms with E-state index >= 15 is 0 Å². The zero-order valence-electron chi connectivity index (χ0n) is 2.15. The van der Waals surface area contributed by atoms with Crippen molar-refractivity contribution in [3.63, 3.8) is 0 Å². The smallest absolute Gasteiger partial charge is 0.112 e. The lowest BCUT2D eigenvalue weighted by atomic mass is 11.6. The van der Waals surface area contributed by atoms with E-state index in [1.807, 2.05) is 6.01 Å². The number of nitrogens with zero attached hydrogens (tertiary/aromatic N) is 2. The topological polar surface area (TPSA) is 24.7 Å². The van der Waals surface area contributed by atoms with Crippen LogP contribution in [0.3, 0.4) is 0 Å². The first-order valence-electron chi connectivity index (χ1n) is 0.785. The van der Waals surface area contributed by atoms with Crippen LogP contribution in [0.15, 0.2) is 9.02 Å². The van der Waals surface area contributed by atoms with Crippen molar-refractivity contribution in [2.75, 3.05) is 0 Å². The van der Waals surface area contributed by atoms with Crippen molar-refractivity contribution >= 4 is 29.6 Å². The first-order valence-corrected chi connectivity index (χ1v) is 1.46. The molecule has 4 heteroatoms. The van der Waals surface area contributed by atoms with Gasteiger partial charge in [-0.25, -0.2) is 0 Å². The molecule has 0 atom stereocenters. The first kappa shape index (κ1) is 4.96. The van der Waals surface area contributed by atoms with E-state index in [-0.39, 0.29) is 0 Å². The van der Waals surface area contributed by atoms with E-state index in [2.05, 4.69) is 32.6 Å². The zero-order chi connectivity index (χ0) is 4.12. The second kappa shape index (κ2) is 3.96. The third kappa shape index (κ3) is 3.96. The molecule has 0 aromatic carbocycles. The lowest BCUT2D eigenvalue weighted by Gasteiger charge is -1.43. The van der Waals surface area contributed by atoms with Crippen molar-refractivity contribution in [1.29, 1.82) is 0 Å². The summed E-state index contributed by atoms with van der Waals surface area (Å²) < 4.78 is 5.56. The summed E-state index contributed by atoms with van der Waals surface area (Å²) in [6, 6.07) is 1.89. The number of hydrogen-bond acceptors (Lipinski definition) is 2. The van der Waals surface area contributed by atoms with Crippen LogP contribution in [0.5, 0.6) is 0 Å². The number of hydrogen-bond donors (Lipinski definition) is 0. The molecule has 0 saturated heterocycles. The Morgan fingerprint density at radius 2 is 1.60 bits per heavy atom. The van der Waals surface area contributed by atoms with Crippen molar-refractivity contribution < 1.29 is 0 Å². The summed E-state index contributed by atoms with van der Waals surface area (Å²) in [6.07, 6.45) is 0. The van der Waals surface area contributed by atoms with Crippen LogP contribution in [0, 0.1) is 0 Å². The van der Waals surface area contributed by atoms with Gasteiger partial charge in [0, 0.05) is 23.6 Å². The first-order chi connectivity index (χ1) is 2.41. The molecule has 2 nitrogen and oxygen atoms in total. The van der Waals surface area contributed by atoms with Crippen LogP contribution in [0.25, 0.3) is 0 Å². The predicted molar refractivity (Wildman–Crippen MR) is 21.6 cm³/mol. The highest BCUT2D eigenvalue weighted by Crippen LogP contribution is 1.69. The Bertz CT molecular complexity index is 56.0. The number of halogens is 2. The van der Waals surface area contributed by atoms with E-state index in [4.69, 9.17) is 0 Å². The minimum atomic E-state index is 1.89. The molecule has 0 N–H and O–H groups in total. The van der Waals surface area contributed by atoms with Gasteiger partial charge in [-0.3, -0.25) is 0 Å². The molecule has 0 bridgehead atoms. The van der Waals surface area contributed by atoms with Gasteiger partial charge in [0.2, 0.25) is 0 Å². The van der Waals surface area contributed by atoms with Crippen molar-refractivity contribution in [1.82, 2.24) is 0 Å². The fourth-order valence-corrected chi connectivity index (χ4v) is 0.129. The Morgan fingerprint density at radius 3 is 1.60 bits per heavy atom. The summed E-state index contributed by atoms with van der Waals surface area (Å²) >= 11 is 9.27. The molecule has 0 unspecified atom stereocenters. The fraction of sp³-hybridized carbons (Fsp3) is 0. The van der Waals surface area contributed by atoms with Crippen LogP contribution in [-0.4, -0.2) is 6.01 Å². The van der Waals surface area contributed by atoms with Crippen LogP contribution >= 0.6 is 23.6 Å². The van der Waals surface area contributed by atoms with Gasteiger partial charge >= 0.3 is 0 Å². The van der Waals surface area contributed by atoms with Gasteiger partial charge in [-0.2, -0.15) is 0 Å². The molecule has 0 heterocycles. The van der Waals surface area contributed by atoms with E-state index in [9.17, 15) is 0 Å². The summed E-state index contributed by atoms with van der Waals surface area (Å²) in [5, 5.41) is 0. The Labute approximate surface area is 39.4 Å². The molecule has 28 valence electrons. The van der Waals surface area contributed by atoms with Crippen molar-refractivity contribution in [3.05, 3.63) is 0 Å². The maximum absolute atomic E-state index is 4.64. The second-order valence-corrected chi connectivity index (χ2v) is 0.607. The van der Waals surface area contributed by atoms with E-state index in [1.165, 1.54) is 0 Å². The molecule has 0 rings (SSSR count).